The molecule has 37 heavy (non-hydrogen) atoms. The molecule has 0 aliphatic heterocycles. The molecule has 6 nitrogen and oxygen atoms in total. The van der Waals surface area contributed by atoms with Gasteiger partial charge in [0.2, 0.25) is 5.89 Å². The maximum absolute atomic E-state index is 12.6. The van der Waals surface area contributed by atoms with Gasteiger partial charge in [0.15, 0.2) is 17.1 Å². The summed E-state index contributed by atoms with van der Waals surface area (Å²) >= 11 is 15.6. The van der Waals surface area contributed by atoms with E-state index in [1.54, 1.807) is 30.5 Å². The first-order chi connectivity index (χ1) is 17.9. The Morgan fingerprint density at radius 1 is 1.00 bits per heavy atom. The lowest BCUT2D eigenvalue weighted by molar-refractivity contribution is 0.0730. The molecule has 0 saturated heterocycles. The van der Waals surface area contributed by atoms with Gasteiger partial charge in [0, 0.05) is 15.7 Å². The standard InChI is InChI=1S/C28H17BrCl2N2O4/c1-35-26-12-16(6-10-25(26)37-28(34)20-9-7-17(30)13-22(20)31)15-32-18-8-11-24-23(14-18)33-27(36-24)19-4-2-3-5-21(19)29/h2-15H,1H3. The molecule has 1 aromatic heterocycles. The van der Waals surface area contributed by atoms with Crippen LogP contribution in [0.3, 0.4) is 0 Å². The minimum Gasteiger partial charge on any atom is -0.493 e. The van der Waals surface area contributed by atoms with E-state index in [4.69, 9.17) is 37.1 Å². The Morgan fingerprint density at radius 3 is 2.62 bits per heavy atom. The summed E-state index contributed by atoms with van der Waals surface area (Å²) in [6.45, 7) is 0. The summed E-state index contributed by atoms with van der Waals surface area (Å²) in [6, 6.07) is 22.9. The normalized spacial score (nSPS) is 11.2. The van der Waals surface area contributed by atoms with Crippen molar-refractivity contribution in [3.63, 3.8) is 0 Å². The summed E-state index contributed by atoms with van der Waals surface area (Å²) in [5.41, 5.74) is 3.88. The molecule has 0 saturated carbocycles. The van der Waals surface area contributed by atoms with Crippen LogP contribution in [0.25, 0.3) is 22.6 Å². The number of aliphatic imine (C=N–C) groups is 1. The van der Waals surface area contributed by atoms with Crippen molar-refractivity contribution in [1.82, 2.24) is 4.98 Å². The molecule has 0 N–H and O–H groups in total. The molecule has 0 aliphatic rings. The lowest BCUT2D eigenvalue weighted by Crippen LogP contribution is -2.10. The Morgan fingerprint density at radius 2 is 1.84 bits per heavy atom. The molecule has 0 bridgehead atoms. The number of esters is 1. The van der Waals surface area contributed by atoms with E-state index in [-0.39, 0.29) is 16.3 Å². The number of nitrogens with zero attached hydrogens (tertiary/aromatic N) is 2. The van der Waals surface area contributed by atoms with Gasteiger partial charge >= 0.3 is 5.97 Å². The highest BCUT2D eigenvalue weighted by Gasteiger charge is 2.16. The number of carbonyl (C=O) groups is 1. The molecule has 5 aromatic rings. The molecular formula is C28H17BrCl2N2O4. The molecule has 0 fully saturated rings. The highest BCUT2D eigenvalue weighted by atomic mass is 79.9. The third-order valence-corrected chi connectivity index (χ3v) is 6.62. The van der Waals surface area contributed by atoms with Crippen LogP contribution in [0.5, 0.6) is 11.5 Å². The Labute approximate surface area is 230 Å². The molecule has 0 amide bonds. The zero-order valence-electron chi connectivity index (χ0n) is 19.2. The monoisotopic (exact) mass is 594 g/mol. The molecule has 9 heteroatoms. The predicted octanol–water partition coefficient (Wildman–Crippen LogP) is 8.54. The van der Waals surface area contributed by atoms with Crippen molar-refractivity contribution in [2.24, 2.45) is 4.99 Å². The number of carbonyl (C=O) groups excluding carboxylic acids is 1. The van der Waals surface area contributed by atoms with E-state index in [0.717, 1.165) is 15.6 Å². The fraction of sp³-hybridized carbons (Fsp3) is 0.0357. The molecule has 0 aliphatic carbocycles. The minimum atomic E-state index is -0.621. The molecule has 0 radical (unpaired) electrons. The van der Waals surface area contributed by atoms with Crippen LogP contribution in [0.15, 0.2) is 92.7 Å². The van der Waals surface area contributed by atoms with Crippen LogP contribution < -0.4 is 9.47 Å². The summed E-state index contributed by atoms with van der Waals surface area (Å²) in [4.78, 5) is 21.7. The van der Waals surface area contributed by atoms with Gasteiger partial charge in [0.25, 0.3) is 0 Å². The highest BCUT2D eigenvalue weighted by molar-refractivity contribution is 9.10. The largest absolute Gasteiger partial charge is 0.493 e. The van der Waals surface area contributed by atoms with Crippen molar-refractivity contribution in [1.29, 1.82) is 0 Å². The Bertz CT molecular complexity index is 1670. The summed E-state index contributed by atoms with van der Waals surface area (Å²) < 4.78 is 17.7. The zero-order valence-corrected chi connectivity index (χ0v) is 22.3. The van der Waals surface area contributed by atoms with E-state index in [1.165, 1.54) is 19.2 Å². The van der Waals surface area contributed by atoms with Gasteiger partial charge < -0.3 is 13.9 Å². The number of rotatable bonds is 6. The van der Waals surface area contributed by atoms with Crippen molar-refractivity contribution >= 4 is 68.1 Å². The second-order valence-electron chi connectivity index (χ2n) is 7.83. The van der Waals surface area contributed by atoms with Crippen LogP contribution in [0.4, 0.5) is 5.69 Å². The average Bonchev–Trinajstić information content (AvgIpc) is 3.31. The molecule has 1 heterocycles. The molecule has 5 rings (SSSR count). The number of benzene rings is 4. The molecule has 0 atom stereocenters. The highest BCUT2D eigenvalue weighted by Crippen LogP contribution is 2.32. The minimum absolute atomic E-state index is 0.199. The molecule has 4 aromatic carbocycles. The van der Waals surface area contributed by atoms with Crippen LogP contribution in [0.1, 0.15) is 15.9 Å². The summed E-state index contributed by atoms with van der Waals surface area (Å²) in [6.07, 6.45) is 1.68. The van der Waals surface area contributed by atoms with Crippen LogP contribution in [0, 0.1) is 0 Å². The van der Waals surface area contributed by atoms with E-state index >= 15 is 0 Å². The van der Waals surface area contributed by atoms with E-state index in [9.17, 15) is 4.79 Å². The van der Waals surface area contributed by atoms with Crippen molar-refractivity contribution in [2.75, 3.05) is 7.11 Å². The van der Waals surface area contributed by atoms with E-state index in [0.29, 0.717) is 33.4 Å². The lowest BCUT2D eigenvalue weighted by Gasteiger charge is -2.10. The maximum Gasteiger partial charge on any atom is 0.345 e. The first-order valence-electron chi connectivity index (χ1n) is 11.0. The first-order valence-corrected chi connectivity index (χ1v) is 12.5. The van der Waals surface area contributed by atoms with Gasteiger partial charge in [-0.05, 0) is 88.2 Å². The van der Waals surface area contributed by atoms with E-state index in [1.807, 2.05) is 42.5 Å². The maximum atomic E-state index is 12.6. The van der Waals surface area contributed by atoms with E-state index < -0.39 is 5.97 Å². The van der Waals surface area contributed by atoms with Gasteiger partial charge in [0.1, 0.15) is 5.52 Å². The fourth-order valence-electron chi connectivity index (χ4n) is 3.55. The van der Waals surface area contributed by atoms with Crippen molar-refractivity contribution in [2.45, 2.75) is 0 Å². The summed E-state index contributed by atoms with van der Waals surface area (Å²) in [7, 11) is 1.49. The predicted molar refractivity (Wildman–Crippen MR) is 149 cm³/mol. The summed E-state index contributed by atoms with van der Waals surface area (Å²) in [5.74, 6) is 0.522. The number of methoxy groups -OCH3 is 1. The zero-order chi connectivity index (χ0) is 25.9. The van der Waals surface area contributed by atoms with Gasteiger partial charge in [-0.25, -0.2) is 9.78 Å². The Hall–Kier alpha value is -3.65. The van der Waals surface area contributed by atoms with Gasteiger partial charge in [0.05, 0.1) is 28.9 Å². The summed E-state index contributed by atoms with van der Waals surface area (Å²) in [5, 5.41) is 0.628. The van der Waals surface area contributed by atoms with Crippen LogP contribution in [-0.2, 0) is 0 Å². The SMILES string of the molecule is COc1cc(C=Nc2ccc3oc(-c4ccccc4Br)nc3c2)ccc1OC(=O)c1ccc(Cl)cc1Cl. The first kappa shape index (κ1) is 25.0. The van der Waals surface area contributed by atoms with E-state index in [2.05, 4.69) is 25.9 Å². The molecular weight excluding hydrogens is 579 g/mol. The van der Waals surface area contributed by atoms with Crippen molar-refractivity contribution < 1.29 is 18.7 Å². The van der Waals surface area contributed by atoms with Crippen LogP contribution >= 0.6 is 39.1 Å². The number of halogens is 3. The third kappa shape index (κ3) is 5.54. The number of hydrogen-bond acceptors (Lipinski definition) is 6. The van der Waals surface area contributed by atoms with Gasteiger partial charge in [-0.3, -0.25) is 4.99 Å². The molecule has 0 spiro atoms. The Kier molecular flexibility index (Phi) is 7.28. The third-order valence-electron chi connectivity index (χ3n) is 5.38. The van der Waals surface area contributed by atoms with Crippen molar-refractivity contribution in [3.8, 4) is 23.0 Å². The van der Waals surface area contributed by atoms with Crippen LogP contribution in [0.2, 0.25) is 10.0 Å². The second kappa shape index (κ2) is 10.8. The molecule has 184 valence electrons. The Balaban J connectivity index is 1.35. The fourth-order valence-corrected chi connectivity index (χ4v) is 4.49. The number of aromatic nitrogens is 1. The topological polar surface area (TPSA) is 73.9 Å². The van der Waals surface area contributed by atoms with Gasteiger partial charge in [-0.2, -0.15) is 0 Å². The van der Waals surface area contributed by atoms with Crippen LogP contribution in [-0.4, -0.2) is 24.3 Å². The van der Waals surface area contributed by atoms with Crippen molar-refractivity contribution in [3.05, 3.63) is 105 Å². The quantitative estimate of drug-likeness (QED) is 0.112. The molecule has 0 unspecified atom stereocenters. The smallest absolute Gasteiger partial charge is 0.345 e. The number of ether oxygens (including phenoxy) is 2. The van der Waals surface area contributed by atoms with Gasteiger partial charge in [-0.15, -0.1) is 0 Å². The van der Waals surface area contributed by atoms with Gasteiger partial charge in [-0.1, -0.05) is 35.3 Å². The number of fused-ring (bicyclic) bond motifs is 1. The lowest BCUT2D eigenvalue weighted by atomic mass is 10.2. The second-order valence-corrected chi connectivity index (χ2v) is 9.53. The average molecular weight is 596 g/mol. The number of hydrogen-bond donors (Lipinski definition) is 0. The number of oxazole rings is 1.